The molecule has 4 nitrogen and oxygen atoms in total. The summed E-state index contributed by atoms with van der Waals surface area (Å²) in [4.78, 5) is 15.9. The van der Waals surface area contributed by atoms with Crippen LogP contribution in [0.3, 0.4) is 0 Å². The molecule has 2 rings (SSSR count). The topological polar surface area (TPSA) is 55.1 Å². The van der Waals surface area contributed by atoms with E-state index in [0.717, 1.165) is 20.7 Å². The molecule has 0 radical (unpaired) electrons. The van der Waals surface area contributed by atoms with E-state index in [1.165, 1.54) is 11.3 Å². The molecule has 2 aromatic heterocycles. The van der Waals surface area contributed by atoms with Gasteiger partial charge in [0.2, 0.25) is 0 Å². The van der Waals surface area contributed by atoms with Crippen molar-refractivity contribution in [3.63, 3.8) is 0 Å². The van der Waals surface area contributed by atoms with Gasteiger partial charge in [-0.15, -0.1) is 11.3 Å². The average Bonchev–Trinajstić information content (AvgIpc) is 2.82. The smallest absolute Gasteiger partial charge is 0.305 e. The summed E-state index contributed by atoms with van der Waals surface area (Å²) >= 11 is 7.33. The third-order valence-electron chi connectivity index (χ3n) is 2.37. The first-order chi connectivity index (χ1) is 8.06. The lowest BCUT2D eigenvalue weighted by Crippen LogP contribution is -2.04. The molecule has 2 aromatic rings. The minimum Gasteiger partial charge on any atom is -0.481 e. The lowest BCUT2D eigenvalue weighted by Gasteiger charge is -2.00. The largest absolute Gasteiger partial charge is 0.481 e. The minimum atomic E-state index is -0.807. The molecule has 6 heteroatoms. The number of aliphatic carboxylic acids is 1. The molecule has 0 saturated carbocycles. The fraction of sp³-hybridized carbons (Fsp3) is 0.273. The van der Waals surface area contributed by atoms with E-state index in [1.807, 2.05) is 29.8 Å². The summed E-state index contributed by atoms with van der Waals surface area (Å²) in [6.45, 7) is 2.30. The maximum absolute atomic E-state index is 10.5. The Morgan fingerprint density at radius 2 is 2.35 bits per heavy atom. The second-order valence-electron chi connectivity index (χ2n) is 3.61. The second kappa shape index (κ2) is 4.89. The molecule has 0 saturated heterocycles. The van der Waals surface area contributed by atoms with Crippen LogP contribution in [0.1, 0.15) is 12.2 Å². The predicted molar refractivity (Wildman–Crippen MR) is 67.5 cm³/mol. The van der Waals surface area contributed by atoms with Gasteiger partial charge in [-0.05, 0) is 19.1 Å². The first-order valence-electron chi connectivity index (χ1n) is 5.07. The average molecular weight is 271 g/mol. The van der Waals surface area contributed by atoms with E-state index in [2.05, 4.69) is 4.98 Å². The summed E-state index contributed by atoms with van der Waals surface area (Å²) < 4.78 is 2.56. The van der Waals surface area contributed by atoms with Gasteiger partial charge in [0, 0.05) is 12.7 Å². The Hall–Kier alpha value is -1.33. The summed E-state index contributed by atoms with van der Waals surface area (Å²) in [5.74, 6) is 0.00425. The molecule has 0 bridgehead atoms. The van der Waals surface area contributed by atoms with Gasteiger partial charge >= 0.3 is 5.97 Å². The predicted octanol–water partition coefficient (Wildman–Crippen LogP) is 3.05. The monoisotopic (exact) mass is 270 g/mol. The van der Waals surface area contributed by atoms with E-state index in [1.54, 1.807) is 0 Å². The SMILES string of the molecule is Cc1nc(-c2ccc(Cl)s2)cn1CCC(=O)O. The van der Waals surface area contributed by atoms with E-state index in [-0.39, 0.29) is 6.42 Å². The van der Waals surface area contributed by atoms with Crippen molar-refractivity contribution in [2.75, 3.05) is 0 Å². The van der Waals surface area contributed by atoms with Crippen LogP contribution in [-0.2, 0) is 11.3 Å². The Labute approximate surface area is 107 Å². The molecular formula is C11H11ClN2O2S. The van der Waals surface area contributed by atoms with Crippen molar-refractivity contribution in [2.24, 2.45) is 0 Å². The van der Waals surface area contributed by atoms with E-state index in [9.17, 15) is 4.79 Å². The van der Waals surface area contributed by atoms with Crippen LogP contribution < -0.4 is 0 Å². The number of carboxylic acid groups (broad SMARTS) is 1. The number of halogens is 1. The fourth-order valence-electron chi connectivity index (χ4n) is 1.52. The Balaban J connectivity index is 2.21. The van der Waals surface area contributed by atoms with Crippen molar-refractivity contribution in [3.05, 3.63) is 28.5 Å². The number of rotatable bonds is 4. The first kappa shape index (κ1) is 12.1. The molecule has 0 amide bonds. The van der Waals surface area contributed by atoms with Gasteiger partial charge in [-0.25, -0.2) is 4.98 Å². The van der Waals surface area contributed by atoms with E-state index in [4.69, 9.17) is 16.7 Å². The number of hydrogen-bond acceptors (Lipinski definition) is 3. The van der Waals surface area contributed by atoms with Gasteiger partial charge in [0.1, 0.15) is 5.82 Å². The molecule has 1 N–H and O–H groups in total. The summed E-state index contributed by atoms with van der Waals surface area (Å²) in [7, 11) is 0. The summed E-state index contributed by atoms with van der Waals surface area (Å²) in [5.41, 5.74) is 0.838. The number of carboxylic acids is 1. The van der Waals surface area contributed by atoms with E-state index < -0.39 is 5.97 Å². The molecule has 0 aromatic carbocycles. The highest BCUT2D eigenvalue weighted by atomic mass is 35.5. The van der Waals surface area contributed by atoms with E-state index in [0.29, 0.717) is 6.54 Å². The lowest BCUT2D eigenvalue weighted by atomic mass is 10.4. The minimum absolute atomic E-state index is 0.0990. The molecule has 0 fully saturated rings. The van der Waals surface area contributed by atoms with Crippen molar-refractivity contribution in [3.8, 4) is 10.6 Å². The van der Waals surface area contributed by atoms with Gasteiger partial charge in [0.25, 0.3) is 0 Å². The molecule has 0 aliphatic rings. The number of thiophene rings is 1. The Morgan fingerprint density at radius 3 is 2.94 bits per heavy atom. The molecule has 17 heavy (non-hydrogen) atoms. The Bertz CT molecular complexity index is 547. The number of hydrogen-bond donors (Lipinski definition) is 1. The second-order valence-corrected chi connectivity index (χ2v) is 5.33. The van der Waals surface area contributed by atoms with Crippen LogP contribution in [0.25, 0.3) is 10.6 Å². The van der Waals surface area contributed by atoms with Crippen LogP contribution in [-0.4, -0.2) is 20.6 Å². The molecule has 0 unspecified atom stereocenters. The van der Waals surface area contributed by atoms with Gasteiger partial charge in [0.15, 0.2) is 0 Å². The zero-order chi connectivity index (χ0) is 12.4. The molecule has 90 valence electrons. The zero-order valence-corrected chi connectivity index (χ0v) is 10.8. The maximum Gasteiger partial charge on any atom is 0.305 e. The number of aromatic nitrogens is 2. The Morgan fingerprint density at radius 1 is 1.59 bits per heavy atom. The van der Waals surface area contributed by atoms with Crippen LogP contribution in [0, 0.1) is 6.92 Å². The fourth-order valence-corrected chi connectivity index (χ4v) is 2.52. The highest BCUT2D eigenvalue weighted by molar-refractivity contribution is 7.19. The van der Waals surface area contributed by atoms with Crippen LogP contribution in [0.4, 0.5) is 0 Å². The highest BCUT2D eigenvalue weighted by Gasteiger charge is 2.09. The standard InChI is InChI=1S/C11H11ClN2O2S/c1-7-13-8(9-2-3-10(12)17-9)6-14(7)5-4-11(15)16/h2-3,6H,4-5H2,1H3,(H,15,16). The quantitative estimate of drug-likeness (QED) is 0.929. The molecular weight excluding hydrogens is 260 g/mol. The summed E-state index contributed by atoms with van der Waals surface area (Å²) in [5, 5.41) is 8.64. The van der Waals surface area contributed by atoms with Gasteiger partial charge in [-0.1, -0.05) is 11.6 Å². The molecule has 0 aliphatic carbocycles. The van der Waals surface area contributed by atoms with Crippen molar-refractivity contribution in [1.82, 2.24) is 9.55 Å². The molecule has 2 heterocycles. The van der Waals surface area contributed by atoms with Crippen LogP contribution in [0.5, 0.6) is 0 Å². The Kier molecular flexibility index (Phi) is 3.49. The van der Waals surface area contributed by atoms with Crippen LogP contribution in [0.2, 0.25) is 4.34 Å². The highest BCUT2D eigenvalue weighted by Crippen LogP contribution is 2.30. The molecule has 0 aliphatic heterocycles. The lowest BCUT2D eigenvalue weighted by molar-refractivity contribution is -0.137. The maximum atomic E-state index is 10.5. The number of aryl methyl sites for hydroxylation is 2. The summed E-state index contributed by atoms with van der Waals surface area (Å²) in [6.07, 6.45) is 1.96. The van der Waals surface area contributed by atoms with Crippen LogP contribution in [0.15, 0.2) is 18.3 Å². The third-order valence-corrected chi connectivity index (χ3v) is 3.62. The van der Waals surface area contributed by atoms with Crippen molar-refractivity contribution < 1.29 is 9.90 Å². The number of imidazole rings is 1. The normalized spacial score (nSPS) is 10.7. The van der Waals surface area contributed by atoms with Crippen LogP contribution >= 0.6 is 22.9 Å². The van der Waals surface area contributed by atoms with Crippen molar-refractivity contribution in [2.45, 2.75) is 19.9 Å². The van der Waals surface area contributed by atoms with Crippen molar-refractivity contribution >= 4 is 28.9 Å². The van der Waals surface area contributed by atoms with Crippen molar-refractivity contribution in [1.29, 1.82) is 0 Å². The van der Waals surface area contributed by atoms with Gasteiger partial charge in [-0.3, -0.25) is 4.79 Å². The van der Waals surface area contributed by atoms with Gasteiger partial charge in [-0.2, -0.15) is 0 Å². The molecule has 0 atom stereocenters. The summed E-state index contributed by atoms with van der Waals surface area (Å²) in [6, 6.07) is 3.74. The van der Waals surface area contributed by atoms with Gasteiger partial charge in [0.05, 0.1) is 21.3 Å². The molecule has 0 spiro atoms. The van der Waals surface area contributed by atoms with Gasteiger partial charge < -0.3 is 9.67 Å². The first-order valence-corrected chi connectivity index (χ1v) is 6.27. The van der Waals surface area contributed by atoms with E-state index >= 15 is 0 Å². The third kappa shape index (κ3) is 2.87. The number of carbonyl (C=O) groups is 1. The zero-order valence-electron chi connectivity index (χ0n) is 9.18. The number of nitrogens with zero attached hydrogens (tertiary/aromatic N) is 2.